The van der Waals surface area contributed by atoms with Crippen LogP contribution in [0.1, 0.15) is 29.8 Å². The van der Waals surface area contributed by atoms with Crippen LogP contribution in [0.3, 0.4) is 0 Å². The lowest BCUT2D eigenvalue weighted by Gasteiger charge is -2.43. The minimum atomic E-state index is -0.578. The lowest BCUT2D eigenvalue weighted by molar-refractivity contribution is -0.289. The fraction of sp³-hybridized carbons (Fsp3) is 0.321. The van der Waals surface area contributed by atoms with Crippen LogP contribution in [0, 0.1) is 5.41 Å². The van der Waals surface area contributed by atoms with Crippen molar-refractivity contribution in [3.05, 3.63) is 59.7 Å². The second-order valence-corrected chi connectivity index (χ2v) is 10.7. The minimum Gasteiger partial charge on any atom is -0.350 e. The number of amides is 1. The molecule has 1 fully saturated rings. The highest BCUT2D eigenvalue weighted by Gasteiger charge is 2.44. The molecule has 0 radical (unpaired) electrons. The van der Waals surface area contributed by atoms with Crippen LogP contribution in [0.25, 0.3) is 43.6 Å². The van der Waals surface area contributed by atoms with Crippen molar-refractivity contribution in [2.45, 2.75) is 39.3 Å². The molecule has 5 aromatic rings. The molecule has 1 amide bonds. The maximum Gasteiger partial charge on any atom is 0.252 e. The van der Waals surface area contributed by atoms with Crippen LogP contribution in [0.2, 0.25) is 0 Å². The van der Waals surface area contributed by atoms with Gasteiger partial charge in [0.25, 0.3) is 5.91 Å². The number of ether oxygens (including phenoxy) is 2. The fourth-order valence-corrected chi connectivity index (χ4v) is 6.59. The van der Waals surface area contributed by atoms with Crippen molar-refractivity contribution in [1.29, 1.82) is 0 Å². The van der Waals surface area contributed by atoms with E-state index >= 15 is 0 Å². The monoisotopic (exact) mass is 451 g/mol. The SMILES string of the molecule is CC1(C)OCC2(CO1)Cn1c3ccccc3c3c4c(c5c6ccccc6n(c5c31)C2)C(=O)NC4. The van der Waals surface area contributed by atoms with Gasteiger partial charge < -0.3 is 23.9 Å². The first kappa shape index (κ1) is 19.0. The van der Waals surface area contributed by atoms with Crippen LogP contribution in [0.4, 0.5) is 0 Å². The molecule has 3 aliphatic heterocycles. The van der Waals surface area contributed by atoms with Gasteiger partial charge in [-0.2, -0.15) is 0 Å². The Labute approximate surface area is 196 Å². The van der Waals surface area contributed by atoms with Crippen molar-refractivity contribution in [3.8, 4) is 0 Å². The summed E-state index contributed by atoms with van der Waals surface area (Å²) in [6.07, 6.45) is 0. The largest absolute Gasteiger partial charge is 0.350 e. The van der Waals surface area contributed by atoms with Gasteiger partial charge in [0.15, 0.2) is 5.79 Å². The summed E-state index contributed by atoms with van der Waals surface area (Å²) in [5.41, 5.74) is 6.50. The Morgan fingerprint density at radius 2 is 1.38 bits per heavy atom. The normalized spacial score (nSPS) is 20.6. The molecule has 170 valence electrons. The standard InChI is InChI=1S/C28H25N3O3/c1-27(2)33-14-28(15-34-27)12-30-19-9-5-3-7-16(19)21-18-11-29-26(32)23(18)22-17-8-4-6-10-20(17)31(13-28)25(22)24(21)30/h3-10H,11-15H2,1-2H3,(H,29,32). The molecule has 8 rings (SSSR count). The Hall–Kier alpha value is -3.35. The molecule has 6 heteroatoms. The number of hydrogen-bond donors (Lipinski definition) is 1. The lowest BCUT2D eigenvalue weighted by atomic mass is 9.88. The second-order valence-electron chi connectivity index (χ2n) is 10.7. The van der Waals surface area contributed by atoms with E-state index in [1.165, 1.54) is 21.8 Å². The van der Waals surface area contributed by atoms with Gasteiger partial charge in [0.05, 0.1) is 35.2 Å². The first-order valence-corrected chi connectivity index (χ1v) is 12.0. The third-order valence-electron chi connectivity index (χ3n) is 8.11. The highest BCUT2D eigenvalue weighted by molar-refractivity contribution is 6.30. The van der Waals surface area contributed by atoms with E-state index in [1.807, 2.05) is 13.8 Å². The number of benzene rings is 3. The first-order chi connectivity index (χ1) is 16.5. The summed E-state index contributed by atoms with van der Waals surface area (Å²) in [5, 5.41) is 7.75. The van der Waals surface area contributed by atoms with E-state index in [0.29, 0.717) is 19.8 Å². The average Bonchev–Trinajstić information content (AvgIpc) is 3.44. The molecule has 34 heavy (non-hydrogen) atoms. The highest BCUT2D eigenvalue weighted by atomic mass is 16.7. The molecule has 1 N–H and O–H groups in total. The molecule has 0 atom stereocenters. The van der Waals surface area contributed by atoms with Gasteiger partial charge in [-0.05, 0) is 31.5 Å². The van der Waals surface area contributed by atoms with Crippen molar-refractivity contribution in [1.82, 2.24) is 14.5 Å². The van der Waals surface area contributed by atoms with Gasteiger partial charge in [0, 0.05) is 52.2 Å². The van der Waals surface area contributed by atoms with Crippen LogP contribution in [-0.4, -0.2) is 34.0 Å². The first-order valence-electron chi connectivity index (χ1n) is 12.0. The number of aromatic nitrogens is 2. The smallest absolute Gasteiger partial charge is 0.252 e. The van der Waals surface area contributed by atoms with Gasteiger partial charge >= 0.3 is 0 Å². The Morgan fingerprint density at radius 3 is 2.03 bits per heavy atom. The van der Waals surface area contributed by atoms with Crippen LogP contribution >= 0.6 is 0 Å². The third-order valence-corrected chi connectivity index (χ3v) is 8.11. The van der Waals surface area contributed by atoms with Crippen molar-refractivity contribution in [3.63, 3.8) is 0 Å². The van der Waals surface area contributed by atoms with Crippen molar-refractivity contribution in [2.24, 2.45) is 5.41 Å². The Bertz CT molecular complexity index is 1710. The number of para-hydroxylation sites is 2. The minimum absolute atomic E-state index is 0.0293. The molecule has 1 spiro atoms. The molecular weight excluding hydrogens is 426 g/mol. The summed E-state index contributed by atoms with van der Waals surface area (Å²) in [6.45, 7) is 7.37. The van der Waals surface area contributed by atoms with Crippen molar-refractivity contribution >= 4 is 49.5 Å². The van der Waals surface area contributed by atoms with E-state index in [-0.39, 0.29) is 11.3 Å². The third kappa shape index (κ3) is 2.21. The van der Waals surface area contributed by atoms with E-state index in [0.717, 1.165) is 46.0 Å². The molecule has 0 bridgehead atoms. The highest BCUT2D eigenvalue weighted by Crippen LogP contribution is 2.48. The Balaban J connectivity index is 1.60. The number of rotatable bonds is 0. The number of carbonyl (C=O) groups excluding carboxylic acids is 1. The summed E-state index contributed by atoms with van der Waals surface area (Å²) in [5.74, 6) is -0.548. The van der Waals surface area contributed by atoms with E-state index in [4.69, 9.17) is 9.47 Å². The maximum absolute atomic E-state index is 13.2. The summed E-state index contributed by atoms with van der Waals surface area (Å²) < 4.78 is 17.4. The molecule has 0 unspecified atom stereocenters. The summed E-state index contributed by atoms with van der Waals surface area (Å²) in [4.78, 5) is 13.2. The number of nitrogens with one attached hydrogen (secondary N) is 1. The van der Waals surface area contributed by atoms with Gasteiger partial charge in [-0.1, -0.05) is 36.4 Å². The summed E-state index contributed by atoms with van der Waals surface area (Å²) in [7, 11) is 0. The number of nitrogens with zero attached hydrogens (tertiary/aromatic N) is 2. The molecular formula is C28H25N3O3. The lowest BCUT2D eigenvalue weighted by Crippen LogP contribution is -2.50. The van der Waals surface area contributed by atoms with E-state index < -0.39 is 5.79 Å². The van der Waals surface area contributed by atoms with Gasteiger partial charge in [-0.3, -0.25) is 4.79 Å². The molecule has 0 aliphatic carbocycles. The fourth-order valence-electron chi connectivity index (χ4n) is 6.59. The molecule has 3 aliphatic rings. The molecule has 3 aromatic carbocycles. The summed E-state index contributed by atoms with van der Waals surface area (Å²) >= 11 is 0. The predicted octanol–water partition coefficient (Wildman–Crippen LogP) is 4.93. The quantitative estimate of drug-likeness (QED) is 0.363. The van der Waals surface area contributed by atoms with E-state index in [2.05, 4.69) is 63.0 Å². The van der Waals surface area contributed by atoms with E-state index in [9.17, 15) is 4.79 Å². The van der Waals surface area contributed by atoms with Crippen LogP contribution in [0.15, 0.2) is 48.5 Å². The predicted molar refractivity (Wildman–Crippen MR) is 132 cm³/mol. The zero-order chi connectivity index (χ0) is 22.8. The van der Waals surface area contributed by atoms with Gasteiger partial charge in [0.2, 0.25) is 0 Å². The topological polar surface area (TPSA) is 57.4 Å². The molecule has 6 nitrogen and oxygen atoms in total. The second kappa shape index (κ2) is 6.01. The maximum atomic E-state index is 13.2. The Morgan fingerprint density at radius 1 is 0.824 bits per heavy atom. The van der Waals surface area contributed by atoms with Crippen LogP contribution < -0.4 is 5.32 Å². The molecule has 5 heterocycles. The van der Waals surface area contributed by atoms with Gasteiger partial charge in [-0.25, -0.2) is 0 Å². The number of fused-ring (bicyclic) bond motifs is 9. The summed E-state index contributed by atoms with van der Waals surface area (Å²) in [6, 6.07) is 17.1. The number of hydrogen-bond acceptors (Lipinski definition) is 3. The van der Waals surface area contributed by atoms with Gasteiger partial charge in [0.1, 0.15) is 0 Å². The zero-order valence-electron chi connectivity index (χ0n) is 19.3. The van der Waals surface area contributed by atoms with Crippen LogP contribution in [0.5, 0.6) is 0 Å². The molecule has 0 saturated carbocycles. The molecule has 1 saturated heterocycles. The van der Waals surface area contributed by atoms with E-state index in [1.54, 1.807) is 0 Å². The Kier molecular flexibility index (Phi) is 3.36. The van der Waals surface area contributed by atoms with Crippen molar-refractivity contribution in [2.75, 3.05) is 13.2 Å². The van der Waals surface area contributed by atoms with Crippen LogP contribution in [-0.2, 0) is 29.1 Å². The number of carbonyl (C=O) groups is 1. The molecule has 2 aromatic heterocycles. The average molecular weight is 452 g/mol. The van der Waals surface area contributed by atoms with Gasteiger partial charge in [-0.15, -0.1) is 0 Å². The van der Waals surface area contributed by atoms with Crippen molar-refractivity contribution < 1.29 is 14.3 Å². The zero-order valence-corrected chi connectivity index (χ0v) is 19.3.